The molecule has 2 aromatic carbocycles. The second kappa shape index (κ2) is 9.02. The van der Waals surface area contributed by atoms with Crippen molar-refractivity contribution in [2.75, 3.05) is 13.2 Å². The third kappa shape index (κ3) is 4.29. The van der Waals surface area contributed by atoms with Gasteiger partial charge in [-0.15, -0.1) is 0 Å². The topological polar surface area (TPSA) is 39.1 Å². The minimum Gasteiger partial charge on any atom is -0.492 e. The van der Waals surface area contributed by atoms with E-state index in [0.717, 1.165) is 62.1 Å². The number of hydrogen-bond acceptors (Lipinski definition) is 3. The molecule has 0 saturated heterocycles. The molecule has 2 heterocycles. The minimum atomic E-state index is -2.51. The second-order valence-electron chi connectivity index (χ2n) is 8.93. The first-order valence-corrected chi connectivity index (χ1v) is 11.5. The Hall–Kier alpha value is -2.73. The lowest BCUT2D eigenvalue weighted by Crippen LogP contribution is -2.16. The number of hydrogen-bond donors (Lipinski definition) is 1. The molecular weight excluding hydrogens is 408 g/mol. The predicted octanol–water partition coefficient (Wildman–Crippen LogP) is 5.56. The summed E-state index contributed by atoms with van der Waals surface area (Å²) in [4.78, 5) is 0. The molecule has 6 heteroatoms. The van der Waals surface area contributed by atoms with Gasteiger partial charge in [-0.05, 0) is 72.4 Å². The Morgan fingerprint density at radius 1 is 1.09 bits per heavy atom. The number of ether oxygens (including phenoxy) is 1. The number of nitrogens with zero attached hydrogens (tertiary/aromatic N) is 2. The van der Waals surface area contributed by atoms with Crippen molar-refractivity contribution in [2.24, 2.45) is 7.05 Å². The van der Waals surface area contributed by atoms with Crippen molar-refractivity contribution in [1.82, 2.24) is 15.1 Å². The SMILES string of the molecule is Cn1cc(-c2cc3c(cc2C(F)F)CCC(c2ccc4c(c2)CNCCO4)CCC3)cn1. The van der Waals surface area contributed by atoms with E-state index in [4.69, 9.17) is 4.74 Å². The van der Waals surface area contributed by atoms with Gasteiger partial charge in [0.15, 0.2) is 0 Å². The fraction of sp³-hybridized carbons (Fsp3) is 0.423. The molecule has 0 radical (unpaired) electrons. The number of benzene rings is 2. The molecule has 1 aliphatic carbocycles. The van der Waals surface area contributed by atoms with Crippen LogP contribution in [0, 0.1) is 0 Å². The maximum Gasteiger partial charge on any atom is 0.264 e. The maximum atomic E-state index is 14.0. The van der Waals surface area contributed by atoms with Gasteiger partial charge in [-0.3, -0.25) is 4.68 Å². The molecule has 2 aliphatic rings. The van der Waals surface area contributed by atoms with Gasteiger partial charge in [-0.1, -0.05) is 18.2 Å². The molecule has 3 aromatic rings. The largest absolute Gasteiger partial charge is 0.492 e. The van der Waals surface area contributed by atoms with Crippen molar-refractivity contribution in [2.45, 2.75) is 51.0 Å². The van der Waals surface area contributed by atoms with Crippen molar-refractivity contribution in [3.63, 3.8) is 0 Å². The summed E-state index contributed by atoms with van der Waals surface area (Å²) >= 11 is 0. The molecule has 5 rings (SSSR count). The van der Waals surface area contributed by atoms with Crippen molar-refractivity contribution in [3.8, 4) is 16.9 Å². The molecule has 1 aliphatic heterocycles. The van der Waals surface area contributed by atoms with E-state index in [0.29, 0.717) is 18.1 Å². The first kappa shape index (κ1) is 21.1. The van der Waals surface area contributed by atoms with Crippen LogP contribution < -0.4 is 10.1 Å². The van der Waals surface area contributed by atoms with E-state index in [9.17, 15) is 8.78 Å². The van der Waals surface area contributed by atoms with Gasteiger partial charge < -0.3 is 10.1 Å². The summed E-state index contributed by atoms with van der Waals surface area (Å²) in [5.41, 5.74) is 6.29. The second-order valence-corrected chi connectivity index (χ2v) is 8.93. The quantitative estimate of drug-likeness (QED) is 0.583. The predicted molar refractivity (Wildman–Crippen MR) is 121 cm³/mol. The summed E-state index contributed by atoms with van der Waals surface area (Å²) in [7, 11) is 1.81. The summed E-state index contributed by atoms with van der Waals surface area (Å²) in [5, 5.41) is 7.58. The number of aryl methyl sites for hydroxylation is 3. The van der Waals surface area contributed by atoms with Crippen molar-refractivity contribution in [3.05, 3.63) is 70.5 Å². The molecule has 1 N–H and O–H groups in total. The fourth-order valence-corrected chi connectivity index (χ4v) is 5.10. The standard InChI is InChI=1S/C26H29F2N3O/c1-31-16-22(15-30-31)23-12-18-4-2-3-17(5-6-20(18)13-24(23)26(27)28)19-7-8-25-21(11-19)14-29-9-10-32-25/h7-8,11-13,15-17,26,29H,2-6,9-10,14H2,1H3. The molecule has 0 bridgehead atoms. The van der Waals surface area contributed by atoms with Crippen LogP contribution in [0.3, 0.4) is 0 Å². The van der Waals surface area contributed by atoms with Gasteiger partial charge in [-0.25, -0.2) is 8.78 Å². The zero-order valence-corrected chi connectivity index (χ0v) is 18.4. The number of fused-ring (bicyclic) bond motifs is 2. The molecule has 32 heavy (non-hydrogen) atoms. The highest BCUT2D eigenvalue weighted by molar-refractivity contribution is 5.68. The van der Waals surface area contributed by atoms with E-state index in [-0.39, 0.29) is 5.56 Å². The summed E-state index contributed by atoms with van der Waals surface area (Å²) in [6, 6.07) is 10.3. The normalized spacial score (nSPS) is 18.8. The van der Waals surface area contributed by atoms with Crippen LogP contribution >= 0.6 is 0 Å². The molecule has 0 spiro atoms. The summed E-state index contributed by atoms with van der Waals surface area (Å²) in [5.74, 6) is 1.41. The average molecular weight is 438 g/mol. The number of rotatable bonds is 3. The van der Waals surface area contributed by atoms with Gasteiger partial charge in [0.1, 0.15) is 12.4 Å². The highest BCUT2D eigenvalue weighted by atomic mass is 19.3. The molecule has 1 atom stereocenters. The van der Waals surface area contributed by atoms with Crippen molar-refractivity contribution < 1.29 is 13.5 Å². The average Bonchev–Trinajstić information content (AvgIpc) is 3.06. The number of aromatic nitrogens is 2. The molecule has 0 saturated carbocycles. The Morgan fingerprint density at radius 3 is 2.78 bits per heavy atom. The minimum absolute atomic E-state index is 0.113. The molecule has 1 aromatic heterocycles. The van der Waals surface area contributed by atoms with Gasteiger partial charge in [0, 0.05) is 43.0 Å². The highest BCUT2D eigenvalue weighted by Crippen LogP contribution is 2.38. The first-order chi connectivity index (χ1) is 15.6. The first-order valence-electron chi connectivity index (χ1n) is 11.5. The number of halogens is 2. The zero-order valence-electron chi connectivity index (χ0n) is 18.4. The third-order valence-electron chi connectivity index (χ3n) is 6.79. The third-order valence-corrected chi connectivity index (χ3v) is 6.79. The summed E-state index contributed by atoms with van der Waals surface area (Å²) in [6.07, 6.45) is 5.82. The van der Waals surface area contributed by atoms with Gasteiger partial charge in [0.25, 0.3) is 6.43 Å². The van der Waals surface area contributed by atoms with Crippen molar-refractivity contribution >= 4 is 0 Å². The van der Waals surface area contributed by atoms with E-state index in [2.05, 4.69) is 28.6 Å². The van der Waals surface area contributed by atoms with E-state index in [1.807, 2.05) is 19.3 Å². The smallest absolute Gasteiger partial charge is 0.264 e. The van der Waals surface area contributed by atoms with Crippen LogP contribution in [0.1, 0.15) is 59.4 Å². The molecule has 0 fully saturated rings. The summed E-state index contributed by atoms with van der Waals surface area (Å²) < 4.78 is 35.4. The fourth-order valence-electron chi connectivity index (χ4n) is 5.10. The lowest BCUT2D eigenvalue weighted by Gasteiger charge is -2.24. The summed E-state index contributed by atoms with van der Waals surface area (Å²) in [6.45, 7) is 2.38. The van der Waals surface area contributed by atoms with Gasteiger partial charge >= 0.3 is 0 Å². The van der Waals surface area contributed by atoms with Crippen LogP contribution in [0.25, 0.3) is 11.1 Å². The van der Waals surface area contributed by atoms with Crippen molar-refractivity contribution in [1.29, 1.82) is 0 Å². The molecule has 4 nitrogen and oxygen atoms in total. The van der Waals surface area contributed by atoms with E-state index in [1.54, 1.807) is 16.9 Å². The Labute approximate surface area is 187 Å². The lowest BCUT2D eigenvalue weighted by molar-refractivity contribution is 0.152. The maximum absolute atomic E-state index is 14.0. The zero-order chi connectivity index (χ0) is 22.1. The van der Waals surface area contributed by atoms with Crippen LogP contribution in [-0.2, 0) is 26.4 Å². The van der Waals surface area contributed by atoms with E-state index < -0.39 is 6.43 Å². The Balaban J connectivity index is 1.42. The van der Waals surface area contributed by atoms with Gasteiger partial charge in [0.05, 0.1) is 6.20 Å². The van der Waals surface area contributed by atoms with Crippen LogP contribution in [0.5, 0.6) is 5.75 Å². The Kier molecular flexibility index (Phi) is 5.96. The van der Waals surface area contributed by atoms with Gasteiger partial charge in [0.2, 0.25) is 0 Å². The van der Waals surface area contributed by atoms with Crippen LogP contribution in [0.4, 0.5) is 8.78 Å². The lowest BCUT2D eigenvalue weighted by atomic mass is 9.81. The Bertz CT molecular complexity index is 1110. The van der Waals surface area contributed by atoms with E-state index >= 15 is 0 Å². The number of nitrogens with one attached hydrogen (secondary N) is 1. The highest BCUT2D eigenvalue weighted by Gasteiger charge is 2.22. The number of alkyl halides is 2. The Morgan fingerprint density at radius 2 is 1.97 bits per heavy atom. The van der Waals surface area contributed by atoms with Crippen LogP contribution in [0.2, 0.25) is 0 Å². The van der Waals surface area contributed by atoms with E-state index in [1.165, 1.54) is 16.7 Å². The molecule has 168 valence electrons. The molecule has 1 unspecified atom stereocenters. The monoisotopic (exact) mass is 437 g/mol. The van der Waals surface area contributed by atoms with Crippen LogP contribution in [0.15, 0.2) is 42.7 Å². The van der Waals surface area contributed by atoms with Crippen LogP contribution in [-0.4, -0.2) is 22.9 Å². The molecular formula is C26H29F2N3O. The molecule has 0 amide bonds. The van der Waals surface area contributed by atoms with Gasteiger partial charge in [-0.2, -0.15) is 5.10 Å².